The first-order valence-corrected chi connectivity index (χ1v) is 6.08. The van der Waals surface area contributed by atoms with E-state index in [0.29, 0.717) is 24.0 Å². The zero-order chi connectivity index (χ0) is 13.7. The van der Waals surface area contributed by atoms with Gasteiger partial charge in [-0.05, 0) is 18.1 Å². The van der Waals surface area contributed by atoms with Gasteiger partial charge in [-0.2, -0.15) is 0 Å². The van der Waals surface area contributed by atoms with Crippen molar-refractivity contribution in [3.63, 3.8) is 0 Å². The van der Waals surface area contributed by atoms with Crippen molar-refractivity contribution < 1.29 is 14.7 Å². The fourth-order valence-corrected chi connectivity index (χ4v) is 1.96. The predicted octanol–water partition coefficient (Wildman–Crippen LogP) is 3.20. The second kappa shape index (κ2) is 5.96. The Morgan fingerprint density at radius 2 is 1.53 bits per heavy atom. The summed E-state index contributed by atoms with van der Waals surface area (Å²) in [5.41, 5.74) is 1.62. The Morgan fingerprint density at radius 1 is 0.895 bits per heavy atom. The Labute approximate surface area is 111 Å². The summed E-state index contributed by atoms with van der Waals surface area (Å²) in [5.74, 6) is -0.927. The molecule has 3 nitrogen and oxygen atoms in total. The van der Waals surface area contributed by atoms with Gasteiger partial charge in [0.1, 0.15) is 0 Å². The van der Waals surface area contributed by atoms with Crippen molar-refractivity contribution in [2.75, 3.05) is 0 Å². The molecule has 0 saturated heterocycles. The van der Waals surface area contributed by atoms with Crippen molar-refractivity contribution in [1.29, 1.82) is 0 Å². The Morgan fingerprint density at radius 3 is 2.21 bits per heavy atom. The molecule has 2 aromatic carbocycles. The Kier molecular flexibility index (Phi) is 4.08. The van der Waals surface area contributed by atoms with Crippen LogP contribution in [0.2, 0.25) is 0 Å². The fourth-order valence-electron chi connectivity index (χ4n) is 1.96. The van der Waals surface area contributed by atoms with E-state index < -0.39 is 5.97 Å². The van der Waals surface area contributed by atoms with Crippen LogP contribution in [-0.4, -0.2) is 16.9 Å². The minimum absolute atomic E-state index is 0.0285. The number of ketones is 1. The topological polar surface area (TPSA) is 54.4 Å². The number of benzene rings is 2. The minimum atomic E-state index is -0.956. The van der Waals surface area contributed by atoms with Crippen LogP contribution in [0.15, 0.2) is 54.6 Å². The van der Waals surface area contributed by atoms with Crippen LogP contribution in [0.3, 0.4) is 0 Å². The molecule has 0 atom stereocenters. The summed E-state index contributed by atoms with van der Waals surface area (Å²) < 4.78 is 0. The van der Waals surface area contributed by atoms with Gasteiger partial charge in [0, 0.05) is 12.0 Å². The Bertz CT molecular complexity index is 588. The van der Waals surface area contributed by atoms with Gasteiger partial charge in [0.05, 0.1) is 5.56 Å². The zero-order valence-electron chi connectivity index (χ0n) is 10.4. The van der Waals surface area contributed by atoms with Gasteiger partial charge < -0.3 is 5.11 Å². The van der Waals surface area contributed by atoms with Crippen molar-refractivity contribution in [2.45, 2.75) is 12.8 Å². The van der Waals surface area contributed by atoms with Crippen LogP contribution in [0.25, 0.3) is 0 Å². The number of carbonyl (C=O) groups excluding carboxylic acids is 1. The van der Waals surface area contributed by atoms with Gasteiger partial charge in [-0.25, -0.2) is 4.79 Å². The lowest BCUT2D eigenvalue weighted by atomic mass is 9.99. The largest absolute Gasteiger partial charge is 0.478 e. The number of carboxylic acid groups (broad SMARTS) is 1. The van der Waals surface area contributed by atoms with E-state index in [4.69, 9.17) is 5.11 Å². The third-order valence-electron chi connectivity index (χ3n) is 2.96. The maximum absolute atomic E-state index is 12.0. The van der Waals surface area contributed by atoms with Crippen molar-refractivity contribution in [3.8, 4) is 0 Å². The number of aryl methyl sites for hydroxylation is 1. The maximum Gasteiger partial charge on any atom is 0.335 e. The Hall–Kier alpha value is -2.42. The molecule has 2 aromatic rings. The SMILES string of the molecule is O=C(CCc1ccccc1C(=O)O)c1ccccc1. The van der Waals surface area contributed by atoms with Gasteiger partial charge in [-0.3, -0.25) is 4.79 Å². The van der Waals surface area contributed by atoms with Crippen molar-refractivity contribution in [2.24, 2.45) is 0 Å². The first-order chi connectivity index (χ1) is 9.18. The van der Waals surface area contributed by atoms with Gasteiger partial charge in [-0.1, -0.05) is 48.5 Å². The molecule has 0 bridgehead atoms. The minimum Gasteiger partial charge on any atom is -0.478 e. The van der Waals surface area contributed by atoms with E-state index in [2.05, 4.69) is 0 Å². The lowest BCUT2D eigenvalue weighted by Gasteiger charge is -2.05. The van der Waals surface area contributed by atoms with Gasteiger partial charge in [0.2, 0.25) is 0 Å². The molecule has 96 valence electrons. The molecule has 0 aliphatic carbocycles. The molecule has 0 aliphatic rings. The average molecular weight is 254 g/mol. The lowest BCUT2D eigenvalue weighted by Crippen LogP contribution is -2.05. The number of aromatic carboxylic acids is 1. The molecule has 0 saturated carbocycles. The highest BCUT2D eigenvalue weighted by Crippen LogP contribution is 2.13. The number of carbonyl (C=O) groups is 2. The normalized spacial score (nSPS) is 10.1. The third kappa shape index (κ3) is 3.28. The van der Waals surface area contributed by atoms with Crippen LogP contribution in [-0.2, 0) is 6.42 Å². The first kappa shape index (κ1) is 13.0. The summed E-state index contributed by atoms with van der Waals surface area (Å²) in [6, 6.07) is 15.8. The molecule has 3 heteroatoms. The average Bonchev–Trinajstić information content (AvgIpc) is 2.46. The quantitative estimate of drug-likeness (QED) is 0.833. The van der Waals surface area contributed by atoms with E-state index in [1.165, 1.54) is 0 Å². The van der Waals surface area contributed by atoms with E-state index in [0.717, 1.165) is 0 Å². The highest BCUT2D eigenvalue weighted by molar-refractivity contribution is 5.96. The standard InChI is InChI=1S/C16H14O3/c17-15(13-7-2-1-3-8-13)11-10-12-6-4-5-9-14(12)16(18)19/h1-9H,10-11H2,(H,18,19). The number of rotatable bonds is 5. The molecule has 0 radical (unpaired) electrons. The maximum atomic E-state index is 12.0. The molecule has 0 aliphatic heterocycles. The van der Waals surface area contributed by atoms with Crippen molar-refractivity contribution in [3.05, 3.63) is 71.3 Å². The van der Waals surface area contributed by atoms with E-state index in [1.54, 1.807) is 36.4 Å². The number of hydrogen-bond donors (Lipinski definition) is 1. The second-order valence-electron chi connectivity index (χ2n) is 4.25. The second-order valence-corrected chi connectivity index (χ2v) is 4.25. The molecule has 2 rings (SSSR count). The van der Waals surface area contributed by atoms with E-state index >= 15 is 0 Å². The number of hydrogen-bond acceptors (Lipinski definition) is 2. The summed E-state index contributed by atoms with van der Waals surface area (Å²) in [5, 5.41) is 9.06. The fraction of sp³-hybridized carbons (Fsp3) is 0.125. The van der Waals surface area contributed by atoms with Crippen LogP contribution in [0.4, 0.5) is 0 Å². The molecule has 0 aromatic heterocycles. The first-order valence-electron chi connectivity index (χ1n) is 6.08. The highest BCUT2D eigenvalue weighted by Gasteiger charge is 2.11. The highest BCUT2D eigenvalue weighted by atomic mass is 16.4. The number of Topliss-reactive ketones (excluding diaryl/α,β-unsaturated/α-hetero) is 1. The van der Waals surface area contributed by atoms with Crippen LogP contribution in [0.1, 0.15) is 32.7 Å². The van der Waals surface area contributed by atoms with Crippen molar-refractivity contribution in [1.82, 2.24) is 0 Å². The van der Waals surface area contributed by atoms with Gasteiger partial charge >= 0.3 is 5.97 Å². The molecule has 0 heterocycles. The molecule has 0 spiro atoms. The third-order valence-corrected chi connectivity index (χ3v) is 2.96. The van der Waals surface area contributed by atoms with Crippen LogP contribution in [0, 0.1) is 0 Å². The number of carboxylic acids is 1. The summed E-state index contributed by atoms with van der Waals surface area (Å²) in [4.78, 5) is 23.0. The molecule has 0 fully saturated rings. The molecular formula is C16H14O3. The van der Waals surface area contributed by atoms with Gasteiger partial charge in [-0.15, -0.1) is 0 Å². The van der Waals surface area contributed by atoms with Crippen LogP contribution < -0.4 is 0 Å². The van der Waals surface area contributed by atoms with Gasteiger partial charge in [0.25, 0.3) is 0 Å². The summed E-state index contributed by atoms with van der Waals surface area (Å²) in [6.45, 7) is 0. The van der Waals surface area contributed by atoms with E-state index in [9.17, 15) is 9.59 Å². The molecular weight excluding hydrogens is 240 g/mol. The zero-order valence-corrected chi connectivity index (χ0v) is 10.4. The lowest BCUT2D eigenvalue weighted by molar-refractivity contribution is 0.0695. The van der Waals surface area contributed by atoms with E-state index in [1.807, 2.05) is 18.2 Å². The monoisotopic (exact) mass is 254 g/mol. The van der Waals surface area contributed by atoms with Crippen molar-refractivity contribution >= 4 is 11.8 Å². The summed E-state index contributed by atoms with van der Waals surface area (Å²) >= 11 is 0. The predicted molar refractivity (Wildman–Crippen MR) is 72.5 cm³/mol. The molecule has 19 heavy (non-hydrogen) atoms. The summed E-state index contributed by atoms with van der Waals surface area (Å²) in [6.07, 6.45) is 0.754. The summed E-state index contributed by atoms with van der Waals surface area (Å²) in [7, 11) is 0. The van der Waals surface area contributed by atoms with Gasteiger partial charge in [0.15, 0.2) is 5.78 Å². The molecule has 1 N–H and O–H groups in total. The Balaban J connectivity index is 2.07. The van der Waals surface area contributed by atoms with E-state index in [-0.39, 0.29) is 11.3 Å². The smallest absolute Gasteiger partial charge is 0.335 e. The molecule has 0 amide bonds. The molecule has 0 unspecified atom stereocenters. The van der Waals surface area contributed by atoms with Crippen LogP contribution in [0.5, 0.6) is 0 Å². The van der Waals surface area contributed by atoms with Crippen LogP contribution >= 0.6 is 0 Å².